The van der Waals surface area contributed by atoms with Gasteiger partial charge in [-0.3, -0.25) is 41.4 Å². The van der Waals surface area contributed by atoms with E-state index in [9.17, 15) is 28.5 Å². The molecule has 0 saturated heterocycles. The van der Waals surface area contributed by atoms with Crippen molar-refractivity contribution in [1.82, 2.24) is 20.8 Å². The molecule has 0 fully saturated rings. The molecule has 0 atom stereocenters. The number of anilines is 2. The molecule has 0 unspecified atom stereocenters. The highest BCUT2D eigenvalue weighted by Gasteiger charge is 2.24. The molecule has 158 valence electrons. The molecule has 1 heterocycles. The van der Waals surface area contributed by atoms with Gasteiger partial charge in [0.1, 0.15) is 18.0 Å². The molecule has 1 aromatic heterocycles. The van der Waals surface area contributed by atoms with Crippen LogP contribution in [0.3, 0.4) is 0 Å². The summed E-state index contributed by atoms with van der Waals surface area (Å²) in [5.74, 6) is -4.31. The molecular formula is C18H13F2N7O4. The molecule has 0 aliphatic carbocycles. The number of halogens is 2. The summed E-state index contributed by atoms with van der Waals surface area (Å²) < 4.78 is 27.4. The Hall–Kier alpha value is -4.68. The molecule has 4 N–H and O–H groups in total. The molecular weight excluding hydrogens is 416 g/mol. The Kier molecular flexibility index (Phi) is 6.25. The van der Waals surface area contributed by atoms with Gasteiger partial charge in [0.2, 0.25) is 11.6 Å². The zero-order chi connectivity index (χ0) is 22.4. The van der Waals surface area contributed by atoms with Gasteiger partial charge >= 0.3 is 5.69 Å². The monoisotopic (exact) mass is 429 g/mol. The smallest absolute Gasteiger partial charge is 0.276 e. The molecule has 13 heteroatoms. The lowest BCUT2D eigenvalue weighted by Gasteiger charge is -2.12. The van der Waals surface area contributed by atoms with Crippen LogP contribution in [0.1, 0.15) is 20.7 Å². The van der Waals surface area contributed by atoms with Gasteiger partial charge in [-0.05, 0) is 24.3 Å². The lowest BCUT2D eigenvalue weighted by Crippen LogP contribution is -2.32. The summed E-state index contributed by atoms with van der Waals surface area (Å²) in [5.41, 5.74) is 7.26. The van der Waals surface area contributed by atoms with E-state index in [1.165, 1.54) is 36.4 Å². The van der Waals surface area contributed by atoms with Crippen molar-refractivity contribution in [3.8, 4) is 0 Å². The van der Waals surface area contributed by atoms with Crippen LogP contribution >= 0.6 is 0 Å². The van der Waals surface area contributed by atoms with E-state index in [4.69, 9.17) is 0 Å². The number of nitrogens with one attached hydrogen (secondary N) is 4. The van der Waals surface area contributed by atoms with Crippen LogP contribution in [0.4, 0.5) is 26.1 Å². The van der Waals surface area contributed by atoms with E-state index >= 15 is 0 Å². The van der Waals surface area contributed by atoms with E-state index in [2.05, 4.69) is 31.7 Å². The summed E-state index contributed by atoms with van der Waals surface area (Å²) >= 11 is 0. The molecule has 0 aliphatic rings. The van der Waals surface area contributed by atoms with Crippen molar-refractivity contribution in [2.45, 2.75) is 0 Å². The maximum atomic E-state index is 13.7. The van der Waals surface area contributed by atoms with Crippen molar-refractivity contribution in [3.63, 3.8) is 0 Å². The first-order valence-corrected chi connectivity index (χ1v) is 8.49. The van der Waals surface area contributed by atoms with E-state index in [1.54, 1.807) is 0 Å². The molecule has 0 spiro atoms. The third kappa shape index (κ3) is 4.84. The maximum absolute atomic E-state index is 13.7. The van der Waals surface area contributed by atoms with E-state index in [0.29, 0.717) is 0 Å². The number of rotatable bonds is 7. The highest BCUT2D eigenvalue weighted by atomic mass is 19.1. The lowest BCUT2D eigenvalue weighted by molar-refractivity contribution is -0.383. The van der Waals surface area contributed by atoms with E-state index in [0.717, 1.165) is 18.5 Å². The van der Waals surface area contributed by atoms with Gasteiger partial charge in [0.05, 0.1) is 16.1 Å². The number of carbonyl (C=O) groups excluding carboxylic acids is 2. The molecule has 11 nitrogen and oxygen atoms in total. The van der Waals surface area contributed by atoms with Gasteiger partial charge < -0.3 is 0 Å². The van der Waals surface area contributed by atoms with Gasteiger partial charge in [0, 0.05) is 0 Å². The molecule has 0 radical (unpaired) electrons. The van der Waals surface area contributed by atoms with Crippen molar-refractivity contribution in [2.75, 3.05) is 10.9 Å². The Morgan fingerprint density at radius 3 is 1.61 bits per heavy atom. The summed E-state index contributed by atoms with van der Waals surface area (Å²) in [6, 6.07) is 10.2. The maximum Gasteiger partial charge on any atom is 0.356 e. The van der Waals surface area contributed by atoms with Crippen molar-refractivity contribution in [1.29, 1.82) is 0 Å². The Bertz CT molecular complexity index is 1080. The topological polar surface area (TPSA) is 151 Å². The van der Waals surface area contributed by atoms with Crippen molar-refractivity contribution in [3.05, 3.63) is 87.7 Å². The summed E-state index contributed by atoms with van der Waals surface area (Å²) in [6.07, 6.45) is 0.905. The first-order valence-electron chi connectivity index (χ1n) is 8.49. The Morgan fingerprint density at radius 2 is 1.23 bits per heavy atom. The van der Waals surface area contributed by atoms with Crippen LogP contribution in [-0.4, -0.2) is 26.7 Å². The first-order chi connectivity index (χ1) is 14.9. The Morgan fingerprint density at radius 1 is 0.806 bits per heavy atom. The Balaban J connectivity index is 1.76. The minimum Gasteiger partial charge on any atom is -0.276 e. The zero-order valence-electron chi connectivity index (χ0n) is 15.4. The summed E-state index contributed by atoms with van der Waals surface area (Å²) in [6.45, 7) is 0. The number of benzene rings is 2. The molecule has 0 bridgehead atoms. The molecule has 3 aromatic rings. The van der Waals surface area contributed by atoms with Crippen LogP contribution in [-0.2, 0) is 0 Å². The number of carbonyl (C=O) groups is 2. The number of amides is 2. The van der Waals surface area contributed by atoms with Gasteiger partial charge in [-0.25, -0.2) is 18.7 Å². The van der Waals surface area contributed by atoms with Crippen LogP contribution in [0.25, 0.3) is 0 Å². The zero-order valence-corrected chi connectivity index (χ0v) is 15.4. The largest absolute Gasteiger partial charge is 0.356 e. The molecule has 2 amide bonds. The predicted octanol–water partition coefficient (Wildman–Crippen LogP) is 2.18. The molecule has 31 heavy (non-hydrogen) atoms. The van der Waals surface area contributed by atoms with Gasteiger partial charge in [0.15, 0.2) is 0 Å². The number of hydrogen-bond donors (Lipinski definition) is 4. The highest BCUT2D eigenvalue weighted by Crippen LogP contribution is 2.27. The summed E-state index contributed by atoms with van der Waals surface area (Å²) in [4.78, 5) is 42.1. The van der Waals surface area contributed by atoms with Crippen LogP contribution < -0.4 is 21.7 Å². The first kappa shape index (κ1) is 21.0. The fourth-order valence-electron chi connectivity index (χ4n) is 2.39. The molecule has 2 aromatic carbocycles. The number of hydrogen-bond acceptors (Lipinski definition) is 8. The number of hydrazine groups is 2. The fraction of sp³-hybridized carbons (Fsp3) is 0. The fourth-order valence-corrected chi connectivity index (χ4v) is 2.39. The Labute approximate surface area is 172 Å². The molecule has 0 saturated carbocycles. The van der Waals surface area contributed by atoms with Gasteiger partial charge in [0.25, 0.3) is 11.8 Å². The van der Waals surface area contributed by atoms with E-state index in [-0.39, 0.29) is 11.1 Å². The van der Waals surface area contributed by atoms with Crippen molar-refractivity contribution in [2.24, 2.45) is 0 Å². The average Bonchev–Trinajstić information content (AvgIpc) is 2.76. The summed E-state index contributed by atoms with van der Waals surface area (Å²) in [7, 11) is 0. The van der Waals surface area contributed by atoms with E-state index in [1.807, 2.05) is 0 Å². The van der Waals surface area contributed by atoms with E-state index < -0.39 is 45.7 Å². The standard InChI is InChI=1S/C18H13F2N7O4/c19-12-7-3-1-5-10(12)17(28)25-23-15-14(27(30)31)16(22-9-21-15)24-26-18(29)11-6-2-4-8-13(11)20/h1-9H,(H,25,28)(H,26,29)(H2,21,22,23,24). The second-order valence-electron chi connectivity index (χ2n) is 5.79. The van der Waals surface area contributed by atoms with Gasteiger partial charge in [-0.1, -0.05) is 24.3 Å². The SMILES string of the molecule is O=C(NNc1ncnc(NNC(=O)c2ccccc2F)c1[N+](=O)[O-])c1ccccc1F. The second-order valence-corrected chi connectivity index (χ2v) is 5.79. The minimum atomic E-state index is -0.909. The third-order valence-electron chi connectivity index (χ3n) is 3.83. The van der Waals surface area contributed by atoms with Crippen LogP contribution in [0, 0.1) is 21.7 Å². The number of aromatic nitrogens is 2. The predicted molar refractivity (Wildman–Crippen MR) is 104 cm³/mol. The normalized spacial score (nSPS) is 10.1. The van der Waals surface area contributed by atoms with Gasteiger partial charge in [-0.15, -0.1) is 0 Å². The number of nitrogens with zero attached hydrogens (tertiary/aromatic N) is 3. The van der Waals surface area contributed by atoms with Crippen LogP contribution in [0.5, 0.6) is 0 Å². The van der Waals surface area contributed by atoms with Gasteiger partial charge in [-0.2, -0.15) is 0 Å². The lowest BCUT2D eigenvalue weighted by atomic mass is 10.2. The molecule has 3 rings (SSSR count). The number of nitro groups is 1. The highest BCUT2D eigenvalue weighted by molar-refractivity contribution is 5.96. The summed E-state index contributed by atoms with van der Waals surface area (Å²) in [5, 5.41) is 11.5. The quantitative estimate of drug-likeness (QED) is 0.330. The van der Waals surface area contributed by atoms with Crippen LogP contribution in [0.15, 0.2) is 54.9 Å². The van der Waals surface area contributed by atoms with Crippen LogP contribution in [0.2, 0.25) is 0 Å². The average molecular weight is 429 g/mol. The molecule has 0 aliphatic heterocycles. The second kappa shape index (κ2) is 9.21. The van der Waals surface area contributed by atoms with Crippen molar-refractivity contribution < 1.29 is 23.3 Å². The third-order valence-corrected chi connectivity index (χ3v) is 3.83. The minimum absolute atomic E-state index is 0.304. The van der Waals surface area contributed by atoms with Crippen molar-refractivity contribution >= 4 is 29.1 Å².